The molecule has 2 heterocycles. The van der Waals surface area contributed by atoms with Gasteiger partial charge in [-0.15, -0.1) is 0 Å². The van der Waals surface area contributed by atoms with Gasteiger partial charge in [-0.3, -0.25) is 4.98 Å². The minimum Gasteiger partial charge on any atom is -0.455 e. The Balaban J connectivity index is 2.24. The molecule has 3 aromatic rings. The minimum atomic E-state index is 0.521. The second-order valence-electron chi connectivity index (χ2n) is 3.65. The van der Waals surface area contributed by atoms with Crippen molar-refractivity contribution >= 4 is 34.2 Å². The smallest absolute Gasteiger partial charge is 0.153 e. The van der Waals surface area contributed by atoms with E-state index in [1.165, 1.54) is 0 Å². The van der Waals surface area contributed by atoms with Gasteiger partial charge in [0.2, 0.25) is 0 Å². The molecule has 0 aliphatic carbocycles. The van der Waals surface area contributed by atoms with Crippen LogP contribution in [0.4, 0.5) is 0 Å². The summed E-state index contributed by atoms with van der Waals surface area (Å²) >= 11 is 12.0. The van der Waals surface area contributed by atoms with Crippen molar-refractivity contribution in [3.05, 3.63) is 52.8 Å². The standard InChI is InChI=1S/C13H7Cl2NO/c14-10-5-9-6-12(8-1-3-16-4-2-8)17-13(9)11(15)7-10/h1-7H. The molecule has 0 aliphatic rings. The number of aromatic nitrogens is 1. The summed E-state index contributed by atoms with van der Waals surface area (Å²) in [6.45, 7) is 0. The molecule has 0 saturated heterocycles. The zero-order valence-electron chi connectivity index (χ0n) is 8.65. The van der Waals surface area contributed by atoms with Crippen molar-refractivity contribution < 1.29 is 4.42 Å². The van der Waals surface area contributed by atoms with Gasteiger partial charge in [-0.1, -0.05) is 23.2 Å². The van der Waals surface area contributed by atoms with Crippen LogP contribution in [0.15, 0.2) is 47.1 Å². The molecule has 84 valence electrons. The Morgan fingerprint density at radius 2 is 1.76 bits per heavy atom. The highest BCUT2D eigenvalue weighted by atomic mass is 35.5. The average Bonchev–Trinajstić information content (AvgIpc) is 2.74. The summed E-state index contributed by atoms with van der Waals surface area (Å²) in [4.78, 5) is 3.97. The third-order valence-corrected chi connectivity index (χ3v) is 3.00. The molecular weight excluding hydrogens is 257 g/mol. The van der Waals surface area contributed by atoms with Crippen molar-refractivity contribution in [1.29, 1.82) is 0 Å². The van der Waals surface area contributed by atoms with Gasteiger partial charge in [-0.25, -0.2) is 0 Å². The van der Waals surface area contributed by atoms with E-state index in [1.54, 1.807) is 18.5 Å². The van der Waals surface area contributed by atoms with Crippen LogP contribution in [0.5, 0.6) is 0 Å². The number of nitrogens with zero attached hydrogens (tertiary/aromatic N) is 1. The number of hydrogen-bond donors (Lipinski definition) is 0. The predicted molar refractivity (Wildman–Crippen MR) is 69.5 cm³/mol. The number of hydrogen-bond acceptors (Lipinski definition) is 2. The van der Waals surface area contributed by atoms with E-state index in [-0.39, 0.29) is 0 Å². The van der Waals surface area contributed by atoms with Gasteiger partial charge < -0.3 is 4.42 Å². The van der Waals surface area contributed by atoms with Crippen LogP contribution in [0, 0.1) is 0 Å². The van der Waals surface area contributed by atoms with Crippen LogP contribution in [0.1, 0.15) is 0 Å². The van der Waals surface area contributed by atoms with Gasteiger partial charge >= 0.3 is 0 Å². The number of halogens is 2. The van der Waals surface area contributed by atoms with Crippen molar-refractivity contribution in [2.75, 3.05) is 0 Å². The number of pyridine rings is 1. The molecule has 0 atom stereocenters. The largest absolute Gasteiger partial charge is 0.455 e. The minimum absolute atomic E-state index is 0.521. The van der Waals surface area contributed by atoms with Crippen LogP contribution in [0.2, 0.25) is 10.0 Å². The Bertz CT molecular complexity index is 676. The van der Waals surface area contributed by atoms with Gasteiger partial charge in [0.25, 0.3) is 0 Å². The van der Waals surface area contributed by atoms with E-state index in [9.17, 15) is 0 Å². The van der Waals surface area contributed by atoms with Gasteiger partial charge in [0.15, 0.2) is 5.58 Å². The molecule has 0 bridgehead atoms. The Hall–Kier alpha value is -1.51. The molecule has 0 radical (unpaired) electrons. The number of benzene rings is 1. The highest BCUT2D eigenvalue weighted by molar-refractivity contribution is 6.38. The summed E-state index contributed by atoms with van der Waals surface area (Å²) in [5.74, 6) is 0.756. The maximum Gasteiger partial charge on any atom is 0.153 e. The molecule has 1 aromatic carbocycles. The highest BCUT2D eigenvalue weighted by Crippen LogP contribution is 2.34. The first-order valence-corrected chi connectivity index (χ1v) is 5.78. The van der Waals surface area contributed by atoms with Crippen LogP contribution in [0.25, 0.3) is 22.3 Å². The molecule has 0 N–H and O–H groups in total. The van der Waals surface area contributed by atoms with E-state index in [1.807, 2.05) is 24.3 Å². The predicted octanol–water partition coefficient (Wildman–Crippen LogP) is 4.80. The zero-order chi connectivity index (χ0) is 11.8. The third kappa shape index (κ3) is 1.90. The van der Waals surface area contributed by atoms with Crippen LogP contribution >= 0.6 is 23.2 Å². The van der Waals surface area contributed by atoms with E-state index in [2.05, 4.69) is 4.98 Å². The first-order valence-electron chi connectivity index (χ1n) is 5.03. The fourth-order valence-corrected chi connectivity index (χ4v) is 2.28. The van der Waals surface area contributed by atoms with Gasteiger partial charge in [0.05, 0.1) is 5.02 Å². The molecular formula is C13H7Cl2NO. The summed E-state index contributed by atoms with van der Waals surface area (Å²) in [6.07, 6.45) is 3.44. The van der Waals surface area contributed by atoms with E-state index in [0.29, 0.717) is 15.6 Å². The van der Waals surface area contributed by atoms with Crippen molar-refractivity contribution in [2.24, 2.45) is 0 Å². The maximum absolute atomic E-state index is 6.07. The lowest BCUT2D eigenvalue weighted by Crippen LogP contribution is -1.73. The number of furan rings is 1. The molecule has 0 saturated carbocycles. The fourth-order valence-electron chi connectivity index (χ4n) is 1.73. The first kappa shape index (κ1) is 10.6. The summed E-state index contributed by atoms with van der Waals surface area (Å²) in [5.41, 5.74) is 1.62. The van der Waals surface area contributed by atoms with Gasteiger partial charge in [-0.05, 0) is 30.3 Å². The highest BCUT2D eigenvalue weighted by Gasteiger charge is 2.09. The molecule has 0 fully saturated rings. The second-order valence-corrected chi connectivity index (χ2v) is 4.50. The summed E-state index contributed by atoms with van der Waals surface area (Å²) in [6, 6.07) is 9.19. The third-order valence-electron chi connectivity index (χ3n) is 2.50. The van der Waals surface area contributed by atoms with Gasteiger partial charge in [-0.2, -0.15) is 0 Å². The van der Waals surface area contributed by atoms with Crippen molar-refractivity contribution in [3.8, 4) is 11.3 Å². The Morgan fingerprint density at radius 1 is 1.00 bits per heavy atom. The van der Waals surface area contributed by atoms with Crippen LogP contribution in [-0.2, 0) is 0 Å². The molecule has 4 heteroatoms. The first-order chi connectivity index (χ1) is 8.24. The average molecular weight is 264 g/mol. The lowest BCUT2D eigenvalue weighted by Gasteiger charge is -1.94. The SMILES string of the molecule is Clc1cc(Cl)c2oc(-c3ccncc3)cc2c1. The fraction of sp³-hybridized carbons (Fsp3) is 0. The normalized spacial score (nSPS) is 10.9. The molecule has 0 spiro atoms. The molecule has 0 unspecified atom stereocenters. The Labute approximate surface area is 108 Å². The van der Waals surface area contributed by atoms with Gasteiger partial charge in [0.1, 0.15) is 5.76 Å². The van der Waals surface area contributed by atoms with Crippen molar-refractivity contribution in [2.45, 2.75) is 0 Å². The van der Waals surface area contributed by atoms with Gasteiger partial charge in [0, 0.05) is 28.4 Å². The monoisotopic (exact) mass is 263 g/mol. The van der Waals surface area contributed by atoms with Crippen molar-refractivity contribution in [1.82, 2.24) is 4.98 Å². The molecule has 17 heavy (non-hydrogen) atoms. The summed E-state index contributed by atoms with van der Waals surface area (Å²) in [5, 5.41) is 2.02. The van der Waals surface area contributed by atoms with E-state index < -0.39 is 0 Å². The summed E-state index contributed by atoms with van der Waals surface area (Å²) in [7, 11) is 0. The lowest BCUT2D eigenvalue weighted by atomic mass is 10.2. The van der Waals surface area contributed by atoms with E-state index in [0.717, 1.165) is 16.7 Å². The molecule has 2 aromatic heterocycles. The molecule has 0 amide bonds. The quantitative estimate of drug-likeness (QED) is 0.630. The van der Waals surface area contributed by atoms with E-state index >= 15 is 0 Å². The maximum atomic E-state index is 6.07. The second kappa shape index (κ2) is 4.06. The zero-order valence-corrected chi connectivity index (χ0v) is 10.2. The Kier molecular flexibility index (Phi) is 2.54. The van der Waals surface area contributed by atoms with Crippen LogP contribution in [-0.4, -0.2) is 4.98 Å². The molecule has 0 aliphatic heterocycles. The van der Waals surface area contributed by atoms with Crippen LogP contribution in [0.3, 0.4) is 0 Å². The lowest BCUT2D eigenvalue weighted by molar-refractivity contribution is 0.631. The van der Waals surface area contributed by atoms with Crippen LogP contribution < -0.4 is 0 Å². The Morgan fingerprint density at radius 3 is 2.53 bits per heavy atom. The molecule has 3 rings (SSSR count). The van der Waals surface area contributed by atoms with E-state index in [4.69, 9.17) is 27.6 Å². The number of fused-ring (bicyclic) bond motifs is 1. The summed E-state index contributed by atoms with van der Waals surface area (Å²) < 4.78 is 5.72. The van der Waals surface area contributed by atoms with Crippen molar-refractivity contribution in [3.63, 3.8) is 0 Å². The molecule has 2 nitrogen and oxygen atoms in total. The number of rotatable bonds is 1. The topological polar surface area (TPSA) is 26.0 Å².